The highest BCUT2D eigenvalue weighted by molar-refractivity contribution is 5.31. The summed E-state index contributed by atoms with van der Waals surface area (Å²) in [7, 11) is 1.65. The van der Waals surface area contributed by atoms with Gasteiger partial charge in [0, 0.05) is 6.04 Å². The van der Waals surface area contributed by atoms with Crippen LogP contribution in [-0.2, 0) is 4.74 Å². The van der Waals surface area contributed by atoms with Gasteiger partial charge in [0.1, 0.15) is 18.1 Å². The smallest absolute Gasteiger partial charge is 0.119 e. The average Bonchev–Trinajstić information content (AvgIpc) is 2.44. The molecule has 0 saturated heterocycles. The third-order valence-electron chi connectivity index (χ3n) is 3.43. The van der Waals surface area contributed by atoms with E-state index in [1.165, 1.54) is 6.42 Å². The minimum Gasteiger partial charge on any atom is -0.497 e. The van der Waals surface area contributed by atoms with E-state index in [0.717, 1.165) is 30.8 Å². The maximum Gasteiger partial charge on any atom is 0.119 e. The standard InChI is InChI=1S/C15H23NO3/c1-17-13-5-7-14(8-6-13)18-9-10-19-15-4-2-3-12(16)11-15/h5-8,12,15H,2-4,9-11,16H2,1H3. The summed E-state index contributed by atoms with van der Waals surface area (Å²) >= 11 is 0. The molecule has 1 aromatic rings. The Bertz CT molecular complexity index is 366. The van der Waals surface area contributed by atoms with Crippen LogP contribution in [0.25, 0.3) is 0 Å². The fourth-order valence-electron chi connectivity index (χ4n) is 2.38. The van der Waals surface area contributed by atoms with Crippen LogP contribution in [0.4, 0.5) is 0 Å². The van der Waals surface area contributed by atoms with Crippen LogP contribution in [0.1, 0.15) is 25.7 Å². The Hall–Kier alpha value is -1.26. The van der Waals surface area contributed by atoms with Crippen LogP contribution in [0.2, 0.25) is 0 Å². The molecule has 4 nitrogen and oxygen atoms in total. The second-order valence-electron chi connectivity index (χ2n) is 4.94. The van der Waals surface area contributed by atoms with Gasteiger partial charge < -0.3 is 19.9 Å². The van der Waals surface area contributed by atoms with Gasteiger partial charge in [0.25, 0.3) is 0 Å². The Kier molecular flexibility index (Phi) is 5.48. The molecule has 0 bridgehead atoms. The first-order chi connectivity index (χ1) is 9.28. The van der Waals surface area contributed by atoms with Crippen molar-refractivity contribution in [3.63, 3.8) is 0 Å². The lowest BCUT2D eigenvalue weighted by molar-refractivity contribution is 0.00880. The zero-order valence-corrected chi connectivity index (χ0v) is 11.5. The fraction of sp³-hybridized carbons (Fsp3) is 0.600. The van der Waals surface area contributed by atoms with Gasteiger partial charge in [-0.15, -0.1) is 0 Å². The fourth-order valence-corrected chi connectivity index (χ4v) is 2.38. The maximum atomic E-state index is 5.92. The molecule has 1 fully saturated rings. The van der Waals surface area contributed by atoms with E-state index in [2.05, 4.69) is 0 Å². The molecule has 1 aliphatic carbocycles. The van der Waals surface area contributed by atoms with Gasteiger partial charge >= 0.3 is 0 Å². The van der Waals surface area contributed by atoms with Crippen molar-refractivity contribution in [3.8, 4) is 11.5 Å². The van der Waals surface area contributed by atoms with Gasteiger partial charge in [-0.2, -0.15) is 0 Å². The SMILES string of the molecule is COc1ccc(OCCOC2CCCC(N)C2)cc1. The van der Waals surface area contributed by atoms with Gasteiger partial charge in [-0.05, 0) is 49.9 Å². The molecular formula is C15H23NO3. The molecule has 2 rings (SSSR count). The second kappa shape index (κ2) is 7.36. The molecule has 1 aromatic carbocycles. The molecule has 2 atom stereocenters. The van der Waals surface area contributed by atoms with Gasteiger partial charge in [-0.25, -0.2) is 0 Å². The molecule has 0 heterocycles. The van der Waals surface area contributed by atoms with Crippen LogP contribution in [0, 0.1) is 0 Å². The van der Waals surface area contributed by atoms with E-state index < -0.39 is 0 Å². The highest BCUT2D eigenvalue weighted by atomic mass is 16.5. The summed E-state index contributed by atoms with van der Waals surface area (Å²) in [5.41, 5.74) is 5.92. The molecule has 106 valence electrons. The number of nitrogens with two attached hydrogens (primary N) is 1. The average molecular weight is 265 g/mol. The number of methoxy groups -OCH3 is 1. The van der Waals surface area contributed by atoms with Crippen LogP contribution >= 0.6 is 0 Å². The molecule has 0 radical (unpaired) electrons. The van der Waals surface area contributed by atoms with Crippen LogP contribution in [0.5, 0.6) is 11.5 Å². The summed E-state index contributed by atoms with van der Waals surface area (Å²) in [4.78, 5) is 0. The predicted molar refractivity (Wildman–Crippen MR) is 74.7 cm³/mol. The normalized spacial score (nSPS) is 23.1. The van der Waals surface area contributed by atoms with E-state index >= 15 is 0 Å². The molecular weight excluding hydrogens is 242 g/mol. The summed E-state index contributed by atoms with van der Waals surface area (Å²) in [5.74, 6) is 1.67. The minimum atomic E-state index is 0.307. The van der Waals surface area contributed by atoms with E-state index in [0.29, 0.717) is 25.4 Å². The van der Waals surface area contributed by atoms with Gasteiger partial charge in [0.2, 0.25) is 0 Å². The summed E-state index contributed by atoms with van der Waals surface area (Å²) in [5, 5.41) is 0. The van der Waals surface area contributed by atoms with Crippen molar-refractivity contribution in [2.45, 2.75) is 37.8 Å². The first-order valence-corrected chi connectivity index (χ1v) is 6.92. The van der Waals surface area contributed by atoms with E-state index in [-0.39, 0.29) is 0 Å². The lowest BCUT2D eigenvalue weighted by Crippen LogP contribution is -2.32. The Morgan fingerprint density at radius 3 is 2.53 bits per heavy atom. The van der Waals surface area contributed by atoms with Crippen LogP contribution < -0.4 is 15.2 Å². The Balaban J connectivity index is 1.63. The summed E-state index contributed by atoms with van der Waals surface area (Å²) < 4.78 is 16.5. The number of hydrogen-bond acceptors (Lipinski definition) is 4. The largest absolute Gasteiger partial charge is 0.497 e. The lowest BCUT2D eigenvalue weighted by Gasteiger charge is -2.26. The van der Waals surface area contributed by atoms with E-state index in [9.17, 15) is 0 Å². The Morgan fingerprint density at radius 2 is 1.84 bits per heavy atom. The van der Waals surface area contributed by atoms with Crippen molar-refractivity contribution in [3.05, 3.63) is 24.3 Å². The number of rotatable bonds is 6. The van der Waals surface area contributed by atoms with Crippen LogP contribution in [0.15, 0.2) is 24.3 Å². The van der Waals surface area contributed by atoms with Gasteiger partial charge in [0.05, 0.1) is 19.8 Å². The summed E-state index contributed by atoms with van der Waals surface area (Å²) in [6.07, 6.45) is 4.70. The van der Waals surface area contributed by atoms with Crippen molar-refractivity contribution in [2.75, 3.05) is 20.3 Å². The number of ether oxygens (including phenoxy) is 3. The lowest BCUT2D eigenvalue weighted by atomic mass is 9.94. The van der Waals surface area contributed by atoms with Gasteiger partial charge in [-0.1, -0.05) is 0 Å². The summed E-state index contributed by atoms with van der Waals surface area (Å²) in [6.45, 7) is 1.18. The van der Waals surface area contributed by atoms with Crippen molar-refractivity contribution in [1.29, 1.82) is 0 Å². The monoisotopic (exact) mass is 265 g/mol. The molecule has 1 saturated carbocycles. The van der Waals surface area contributed by atoms with E-state index in [4.69, 9.17) is 19.9 Å². The summed E-state index contributed by atoms with van der Waals surface area (Å²) in [6, 6.07) is 7.87. The molecule has 4 heteroatoms. The maximum absolute atomic E-state index is 5.92. The van der Waals surface area contributed by atoms with Crippen molar-refractivity contribution in [1.82, 2.24) is 0 Å². The highest BCUT2D eigenvalue weighted by Crippen LogP contribution is 2.20. The van der Waals surface area contributed by atoms with Gasteiger partial charge in [-0.3, -0.25) is 0 Å². The van der Waals surface area contributed by atoms with E-state index in [1.54, 1.807) is 7.11 Å². The van der Waals surface area contributed by atoms with Crippen LogP contribution in [-0.4, -0.2) is 32.5 Å². The molecule has 0 aromatic heterocycles. The second-order valence-corrected chi connectivity index (χ2v) is 4.94. The highest BCUT2D eigenvalue weighted by Gasteiger charge is 2.19. The molecule has 2 unspecified atom stereocenters. The zero-order chi connectivity index (χ0) is 13.5. The van der Waals surface area contributed by atoms with Crippen molar-refractivity contribution < 1.29 is 14.2 Å². The third kappa shape index (κ3) is 4.73. The molecule has 0 spiro atoms. The first kappa shape index (κ1) is 14.2. The minimum absolute atomic E-state index is 0.307. The molecule has 1 aliphatic rings. The Labute approximate surface area is 114 Å². The zero-order valence-electron chi connectivity index (χ0n) is 11.5. The molecule has 0 aliphatic heterocycles. The van der Waals surface area contributed by atoms with Crippen molar-refractivity contribution >= 4 is 0 Å². The number of benzene rings is 1. The van der Waals surface area contributed by atoms with Crippen molar-refractivity contribution in [2.24, 2.45) is 5.73 Å². The third-order valence-corrected chi connectivity index (χ3v) is 3.43. The Morgan fingerprint density at radius 1 is 1.11 bits per heavy atom. The van der Waals surface area contributed by atoms with E-state index in [1.807, 2.05) is 24.3 Å². The topological polar surface area (TPSA) is 53.7 Å². The predicted octanol–water partition coefficient (Wildman–Crippen LogP) is 2.36. The molecule has 0 amide bonds. The van der Waals surface area contributed by atoms with Gasteiger partial charge in [0.15, 0.2) is 0 Å². The number of hydrogen-bond donors (Lipinski definition) is 1. The molecule has 19 heavy (non-hydrogen) atoms. The quantitative estimate of drug-likeness (QED) is 0.802. The molecule has 2 N–H and O–H groups in total. The first-order valence-electron chi connectivity index (χ1n) is 6.92. The van der Waals surface area contributed by atoms with Crippen LogP contribution in [0.3, 0.4) is 0 Å².